The Morgan fingerprint density at radius 3 is 2.57 bits per heavy atom. The molecule has 0 unspecified atom stereocenters. The van der Waals surface area contributed by atoms with Crippen LogP contribution in [-0.4, -0.2) is 30.6 Å². The van der Waals surface area contributed by atoms with Crippen LogP contribution in [0.2, 0.25) is 0 Å². The van der Waals surface area contributed by atoms with Crippen LogP contribution in [0.1, 0.15) is 30.9 Å². The van der Waals surface area contributed by atoms with Crippen molar-refractivity contribution in [3.63, 3.8) is 0 Å². The third-order valence-electron chi connectivity index (χ3n) is 3.06. The van der Waals surface area contributed by atoms with E-state index in [9.17, 15) is 13.2 Å². The van der Waals surface area contributed by atoms with Crippen LogP contribution in [0.15, 0.2) is 35.9 Å². The Labute approximate surface area is 125 Å². The second-order valence-electron chi connectivity index (χ2n) is 4.83. The topological polar surface area (TPSA) is 74.7 Å². The first-order valence-corrected chi connectivity index (χ1v) is 8.57. The Bertz CT molecular complexity index is 623. The SMILES string of the molecule is C=CN(Cc1ccc(CO)cc1S(C)(=O)=O)C(=O)CCC. The highest BCUT2D eigenvalue weighted by Crippen LogP contribution is 2.20. The van der Waals surface area contributed by atoms with Gasteiger partial charge in [0, 0.05) is 12.7 Å². The van der Waals surface area contributed by atoms with Gasteiger partial charge in [-0.2, -0.15) is 0 Å². The van der Waals surface area contributed by atoms with Crippen LogP contribution in [0.5, 0.6) is 0 Å². The zero-order valence-electron chi connectivity index (χ0n) is 12.4. The molecular formula is C15H21NO4S. The number of carbonyl (C=O) groups excluding carboxylic acids is 1. The molecule has 0 spiro atoms. The molecule has 21 heavy (non-hydrogen) atoms. The van der Waals surface area contributed by atoms with Gasteiger partial charge in [0.05, 0.1) is 18.0 Å². The highest BCUT2D eigenvalue weighted by Gasteiger charge is 2.18. The van der Waals surface area contributed by atoms with Gasteiger partial charge in [-0.15, -0.1) is 0 Å². The standard InChI is InChI=1S/C15H21NO4S/c1-4-6-15(18)16(5-2)10-13-8-7-12(11-17)9-14(13)21(3,19)20/h5,7-9,17H,2,4,6,10-11H2,1,3H3. The van der Waals surface area contributed by atoms with E-state index >= 15 is 0 Å². The van der Waals surface area contributed by atoms with Gasteiger partial charge in [-0.1, -0.05) is 25.6 Å². The molecule has 1 aromatic rings. The molecule has 0 aliphatic rings. The maximum atomic E-state index is 11.9. The maximum absolute atomic E-state index is 11.9. The second kappa shape index (κ2) is 7.38. The van der Waals surface area contributed by atoms with Crippen molar-refractivity contribution in [3.05, 3.63) is 42.1 Å². The lowest BCUT2D eigenvalue weighted by molar-refractivity contribution is -0.129. The lowest BCUT2D eigenvalue weighted by Crippen LogP contribution is -2.25. The maximum Gasteiger partial charge on any atom is 0.226 e. The van der Waals surface area contributed by atoms with Crippen molar-refractivity contribution in [2.24, 2.45) is 0 Å². The second-order valence-corrected chi connectivity index (χ2v) is 6.81. The summed E-state index contributed by atoms with van der Waals surface area (Å²) in [7, 11) is -3.44. The molecule has 1 aromatic carbocycles. The fraction of sp³-hybridized carbons (Fsp3) is 0.400. The average Bonchev–Trinajstić information content (AvgIpc) is 2.43. The first-order valence-electron chi connectivity index (χ1n) is 6.68. The quantitative estimate of drug-likeness (QED) is 0.834. The third-order valence-corrected chi connectivity index (χ3v) is 4.24. The van der Waals surface area contributed by atoms with Crippen molar-refractivity contribution in [1.29, 1.82) is 0 Å². The van der Waals surface area contributed by atoms with Gasteiger partial charge in [0.1, 0.15) is 0 Å². The summed E-state index contributed by atoms with van der Waals surface area (Å²) in [4.78, 5) is 13.5. The number of hydrogen-bond donors (Lipinski definition) is 1. The first-order chi connectivity index (χ1) is 9.83. The molecule has 0 atom stereocenters. The van der Waals surface area contributed by atoms with Crippen molar-refractivity contribution < 1.29 is 18.3 Å². The minimum atomic E-state index is -3.44. The summed E-state index contributed by atoms with van der Waals surface area (Å²) < 4.78 is 23.8. The average molecular weight is 311 g/mol. The minimum absolute atomic E-state index is 0.0989. The molecule has 0 fully saturated rings. The number of benzene rings is 1. The molecule has 1 N–H and O–H groups in total. The molecule has 1 amide bonds. The fourth-order valence-electron chi connectivity index (χ4n) is 1.97. The summed E-state index contributed by atoms with van der Waals surface area (Å²) >= 11 is 0. The molecule has 0 radical (unpaired) electrons. The van der Waals surface area contributed by atoms with E-state index in [1.165, 1.54) is 17.2 Å². The van der Waals surface area contributed by atoms with E-state index < -0.39 is 9.84 Å². The number of aliphatic hydroxyl groups is 1. The number of amides is 1. The lowest BCUT2D eigenvalue weighted by atomic mass is 10.1. The fourth-order valence-corrected chi connectivity index (χ4v) is 2.94. The summed E-state index contributed by atoms with van der Waals surface area (Å²) in [6, 6.07) is 4.71. The number of aliphatic hydroxyl groups excluding tert-OH is 1. The zero-order chi connectivity index (χ0) is 16.0. The van der Waals surface area contributed by atoms with Gasteiger partial charge >= 0.3 is 0 Å². The van der Waals surface area contributed by atoms with Crippen molar-refractivity contribution in [1.82, 2.24) is 4.90 Å². The van der Waals surface area contributed by atoms with Crippen LogP contribution in [0, 0.1) is 0 Å². The van der Waals surface area contributed by atoms with Crippen LogP contribution in [0.3, 0.4) is 0 Å². The first kappa shape index (κ1) is 17.4. The molecule has 0 saturated carbocycles. The summed E-state index contributed by atoms with van der Waals surface area (Å²) in [6.45, 7) is 5.42. The number of carbonyl (C=O) groups is 1. The lowest BCUT2D eigenvalue weighted by Gasteiger charge is -2.19. The molecular weight excluding hydrogens is 290 g/mol. The Kier molecular flexibility index (Phi) is 6.11. The Balaban J connectivity index is 3.18. The van der Waals surface area contributed by atoms with Gasteiger partial charge in [0.15, 0.2) is 9.84 Å². The van der Waals surface area contributed by atoms with Crippen molar-refractivity contribution in [2.75, 3.05) is 6.26 Å². The van der Waals surface area contributed by atoms with Gasteiger partial charge < -0.3 is 10.0 Å². The number of nitrogens with zero attached hydrogens (tertiary/aromatic N) is 1. The molecule has 5 nitrogen and oxygen atoms in total. The summed E-state index contributed by atoms with van der Waals surface area (Å²) in [5, 5.41) is 9.13. The zero-order valence-corrected chi connectivity index (χ0v) is 13.2. The predicted octanol–water partition coefficient (Wildman–Crippen LogP) is 1.85. The van der Waals surface area contributed by atoms with E-state index in [0.717, 1.165) is 6.26 Å². The third kappa shape index (κ3) is 4.68. The van der Waals surface area contributed by atoms with Crippen LogP contribution in [0.4, 0.5) is 0 Å². The van der Waals surface area contributed by atoms with Crippen LogP contribution in [0.25, 0.3) is 0 Å². The summed E-state index contributed by atoms with van der Waals surface area (Å²) in [6.07, 6.45) is 3.61. The van der Waals surface area contributed by atoms with E-state index in [1.807, 2.05) is 6.92 Å². The van der Waals surface area contributed by atoms with Crippen LogP contribution in [-0.2, 0) is 27.8 Å². The molecule has 0 aromatic heterocycles. The Morgan fingerprint density at radius 2 is 2.10 bits per heavy atom. The predicted molar refractivity (Wildman–Crippen MR) is 81.1 cm³/mol. The van der Waals surface area contributed by atoms with E-state index in [-0.39, 0.29) is 24.0 Å². The summed E-state index contributed by atoms with van der Waals surface area (Å²) in [5.41, 5.74) is 1.03. The van der Waals surface area contributed by atoms with Crippen LogP contribution >= 0.6 is 0 Å². The highest BCUT2D eigenvalue weighted by molar-refractivity contribution is 7.90. The number of hydrogen-bond acceptors (Lipinski definition) is 4. The van der Waals surface area contributed by atoms with Gasteiger partial charge in [0.2, 0.25) is 5.91 Å². The van der Waals surface area contributed by atoms with Crippen molar-refractivity contribution >= 4 is 15.7 Å². The van der Waals surface area contributed by atoms with Gasteiger partial charge in [0.25, 0.3) is 0 Å². The van der Waals surface area contributed by atoms with Gasteiger partial charge in [-0.05, 0) is 29.8 Å². The van der Waals surface area contributed by atoms with E-state index in [4.69, 9.17) is 5.11 Å². The molecule has 0 aliphatic carbocycles. The molecule has 0 saturated heterocycles. The largest absolute Gasteiger partial charge is 0.392 e. The van der Waals surface area contributed by atoms with Gasteiger partial charge in [-0.25, -0.2) is 8.42 Å². The van der Waals surface area contributed by atoms with E-state index in [1.54, 1.807) is 12.1 Å². The molecule has 0 heterocycles. The molecule has 0 aliphatic heterocycles. The van der Waals surface area contributed by atoms with Crippen molar-refractivity contribution in [3.8, 4) is 0 Å². The molecule has 6 heteroatoms. The Morgan fingerprint density at radius 1 is 1.43 bits per heavy atom. The highest BCUT2D eigenvalue weighted by atomic mass is 32.2. The smallest absolute Gasteiger partial charge is 0.226 e. The van der Waals surface area contributed by atoms with Crippen molar-refractivity contribution in [2.45, 2.75) is 37.8 Å². The van der Waals surface area contributed by atoms with Crippen LogP contribution < -0.4 is 0 Å². The van der Waals surface area contributed by atoms with E-state index in [0.29, 0.717) is 24.0 Å². The molecule has 1 rings (SSSR count). The number of rotatable bonds is 7. The number of sulfone groups is 1. The minimum Gasteiger partial charge on any atom is -0.392 e. The van der Waals surface area contributed by atoms with E-state index in [2.05, 4.69) is 6.58 Å². The molecule has 0 bridgehead atoms. The Hall–Kier alpha value is -1.66. The normalized spacial score (nSPS) is 11.2. The summed E-state index contributed by atoms with van der Waals surface area (Å²) in [5.74, 6) is -0.0989. The molecule has 116 valence electrons. The monoisotopic (exact) mass is 311 g/mol. The van der Waals surface area contributed by atoms with Gasteiger partial charge in [-0.3, -0.25) is 4.79 Å².